The maximum absolute atomic E-state index is 10.7. The summed E-state index contributed by atoms with van der Waals surface area (Å²) in [6, 6.07) is 5.99. The van der Waals surface area contributed by atoms with E-state index in [2.05, 4.69) is 14.9 Å². The summed E-state index contributed by atoms with van der Waals surface area (Å²) in [4.78, 5) is 10.1. The maximum atomic E-state index is 10.7. The van der Waals surface area contributed by atoms with Crippen molar-refractivity contribution < 1.29 is 39.1 Å². The largest absolute Gasteiger partial charge is 1.00 e. The third-order valence-electron chi connectivity index (χ3n) is 2.19. The zero-order valence-electron chi connectivity index (χ0n) is 9.19. The van der Waals surface area contributed by atoms with Crippen molar-refractivity contribution >= 4 is 16.7 Å². The van der Waals surface area contributed by atoms with Crippen molar-refractivity contribution in [1.82, 2.24) is 10.3 Å². The van der Waals surface area contributed by atoms with E-state index >= 15 is 0 Å². The Morgan fingerprint density at radius 1 is 1.28 bits per heavy atom. The smallest absolute Gasteiger partial charge is 0.258 e. The number of rotatable bonds is 2. The van der Waals surface area contributed by atoms with E-state index in [0.29, 0.717) is 0 Å². The molecule has 0 amide bonds. The molecule has 0 fully saturated rings. The molecular formula is C9H3N5NaO3+. The number of nitrogens with zero attached hydrogens (tertiary/aromatic N) is 5. The quantitative estimate of drug-likeness (QED) is 0.352. The summed E-state index contributed by atoms with van der Waals surface area (Å²) >= 11 is 0. The number of hydrogen-bond acceptors (Lipinski definition) is 7. The Labute approximate surface area is 122 Å². The Bertz CT molecular complexity index is 670. The molecule has 1 heterocycles. The fourth-order valence-electron chi connectivity index (χ4n) is 1.42. The summed E-state index contributed by atoms with van der Waals surface area (Å²) in [5, 5.41) is 35.1. The molecule has 0 saturated carbocycles. The number of hydrogen-bond donors (Lipinski definition) is 0. The van der Waals surface area contributed by atoms with E-state index in [1.165, 1.54) is 12.1 Å². The van der Waals surface area contributed by atoms with Crippen LogP contribution < -0.4 is 29.6 Å². The molecule has 0 atom stereocenters. The van der Waals surface area contributed by atoms with Crippen LogP contribution in [0.15, 0.2) is 16.8 Å². The standard InChI is InChI=1S/C9H3N5O3.Na/c10-3-5(4-11)6-1-2-7(14(15)16)9-8(6)12-17-13-9;/h1-2,5H;/q;+1. The van der Waals surface area contributed by atoms with Gasteiger partial charge >= 0.3 is 35.2 Å². The molecule has 0 radical (unpaired) electrons. The predicted octanol–water partition coefficient (Wildman–Crippen LogP) is -1.73. The summed E-state index contributed by atoms with van der Waals surface area (Å²) in [5.41, 5.74) is -0.0354. The number of aromatic nitrogens is 2. The van der Waals surface area contributed by atoms with Crippen molar-refractivity contribution in [3.05, 3.63) is 27.8 Å². The molecule has 82 valence electrons. The first kappa shape index (κ1) is 14.1. The minimum atomic E-state index is -1.06. The van der Waals surface area contributed by atoms with Crippen LogP contribution in [0.3, 0.4) is 0 Å². The molecule has 2 rings (SSSR count). The Morgan fingerprint density at radius 3 is 2.44 bits per heavy atom. The van der Waals surface area contributed by atoms with Crippen LogP contribution in [0.2, 0.25) is 0 Å². The molecule has 0 N–H and O–H groups in total. The van der Waals surface area contributed by atoms with Gasteiger partial charge in [-0.15, -0.1) is 0 Å². The minimum absolute atomic E-state index is 0. The van der Waals surface area contributed by atoms with Gasteiger partial charge in [0.1, 0.15) is 5.52 Å². The fraction of sp³-hybridized carbons (Fsp3) is 0.111. The van der Waals surface area contributed by atoms with Gasteiger partial charge < -0.3 is 0 Å². The Hall–Kier alpha value is -2.00. The summed E-state index contributed by atoms with van der Waals surface area (Å²) < 4.78 is 4.41. The molecule has 8 nitrogen and oxygen atoms in total. The van der Waals surface area contributed by atoms with Gasteiger partial charge in [0.15, 0.2) is 5.92 Å². The van der Waals surface area contributed by atoms with Crippen molar-refractivity contribution in [3.8, 4) is 12.1 Å². The summed E-state index contributed by atoms with van der Waals surface area (Å²) in [6.07, 6.45) is 0. The van der Waals surface area contributed by atoms with E-state index in [4.69, 9.17) is 10.5 Å². The summed E-state index contributed by atoms with van der Waals surface area (Å²) in [5.74, 6) is -1.06. The third-order valence-corrected chi connectivity index (χ3v) is 2.19. The van der Waals surface area contributed by atoms with Gasteiger partial charge in [-0.3, -0.25) is 10.1 Å². The molecule has 2 aromatic rings. The Morgan fingerprint density at radius 2 is 1.89 bits per heavy atom. The van der Waals surface area contributed by atoms with E-state index in [1.807, 2.05) is 0 Å². The van der Waals surface area contributed by atoms with Crippen molar-refractivity contribution in [2.45, 2.75) is 5.92 Å². The number of fused-ring (bicyclic) bond motifs is 1. The molecular weight excluding hydrogens is 249 g/mol. The van der Waals surface area contributed by atoms with E-state index < -0.39 is 10.8 Å². The molecule has 0 bridgehead atoms. The average Bonchev–Trinajstić information content (AvgIpc) is 2.79. The van der Waals surface area contributed by atoms with Crippen LogP contribution in [0.4, 0.5) is 5.69 Å². The van der Waals surface area contributed by atoms with Crippen LogP contribution in [0.25, 0.3) is 11.0 Å². The van der Waals surface area contributed by atoms with Gasteiger partial charge in [-0.25, -0.2) is 4.63 Å². The number of nitro groups is 1. The fourth-order valence-corrected chi connectivity index (χ4v) is 1.42. The van der Waals surface area contributed by atoms with Gasteiger partial charge in [-0.2, -0.15) is 10.5 Å². The molecule has 0 saturated heterocycles. The topological polar surface area (TPSA) is 130 Å². The number of benzene rings is 1. The maximum Gasteiger partial charge on any atom is 1.00 e. The third kappa shape index (κ3) is 2.17. The van der Waals surface area contributed by atoms with Crippen molar-refractivity contribution in [3.63, 3.8) is 0 Å². The summed E-state index contributed by atoms with van der Waals surface area (Å²) in [7, 11) is 0. The van der Waals surface area contributed by atoms with Gasteiger partial charge in [-0.05, 0) is 16.4 Å². The molecule has 0 aliphatic rings. The van der Waals surface area contributed by atoms with E-state index in [9.17, 15) is 10.1 Å². The molecule has 0 spiro atoms. The van der Waals surface area contributed by atoms with Crippen LogP contribution in [-0.2, 0) is 0 Å². The van der Waals surface area contributed by atoms with Crippen molar-refractivity contribution in [2.24, 2.45) is 0 Å². The number of nitriles is 2. The Kier molecular flexibility index (Phi) is 4.34. The van der Waals surface area contributed by atoms with Crippen LogP contribution in [0.1, 0.15) is 11.5 Å². The molecule has 0 aliphatic carbocycles. The second-order valence-electron chi connectivity index (χ2n) is 3.08. The van der Waals surface area contributed by atoms with Crippen molar-refractivity contribution in [2.75, 3.05) is 0 Å². The molecule has 1 aromatic heterocycles. The summed E-state index contributed by atoms with van der Waals surface area (Å²) in [6.45, 7) is 0. The first-order chi connectivity index (χ1) is 8.19. The van der Waals surface area contributed by atoms with Crippen LogP contribution >= 0.6 is 0 Å². The van der Waals surface area contributed by atoms with Crippen LogP contribution in [0.5, 0.6) is 0 Å². The van der Waals surface area contributed by atoms with Crippen molar-refractivity contribution in [1.29, 1.82) is 10.5 Å². The van der Waals surface area contributed by atoms with E-state index in [-0.39, 0.29) is 51.8 Å². The number of nitro benzene ring substituents is 1. The Balaban J connectivity index is 0.00000162. The second-order valence-corrected chi connectivity index (χ2v) is 3.08. The molecule has 0 unspecified atom stereocenters. The van der Waals surface area contributed by atoms with Gasteiger partial charge in [0, 0.05) is 11.6 Å². The van der Waals surface area contributed by atoms with Gasteiger partial charge in [0.05, 0.1) is 17.1 Å². The minimum Gasteiger partial charge on any atom is -0.258 e. The first-order valence-corrected chi connectivity index (χ1v) is 4.38. The first-order valence-electron chi connectivity index (χ1n) is 4.38. The van der Waals surface area contributed by atoms with Gasteiger partial charge in [0.25, 0.3) is 0 Å². The van der Waals surface area contributed by atoms with Crippen LogP contribution in [-0.4, -0.2) is 15.2 Å². The molecule has 9 heteroatoms. The predicted molar refractivity (Wildman–Crippen MR) is 52.4 cm³/mol. The monoisotopic (exact) mass is 252 g/mol. The number of non-ortho nitro benzene ring substituents is 1. The molecule has 1 aromatic carbocycles. The second kappa shape index (κ2) is 5.56. The van der Waals surface area contributed by atoms with E-state index in [0.717, 1.165) is 0 Å². The zero-order chi connectivity index (χ0) is 12.4. The zero-order valence-corrected chi connectivity index (χ0v) is 11.2. The van der Waals surface area contributed by atoms with Gasteiger partial charge in [-0.1, -0.05) is 0 Å². The average molecular weight is 252 g/mol. The molecule has 0 aliphatic heterocycles. The van der Waals surface area contributed by atoms with Gasteiger partial charge in [0.2, 0.25) is 5.52 Å². The molecule has 18 heavy (non-hydrogen) atoms. The van der Waals surface area contributed by atoms with E-state index in [1.54, 1.807) is 12.1 Å². The van der Waals surface area contributed by atoms with Crippen LogP contribution in [0, 0.1) is 32.8 Å². The normalized spacial score (nSPS) is 9.50. The SMILES string of the molecule is N#CC(C#N)c1ccc([N+](=O)[O-])c2nonc12.[Na+].